The molecule has 2 aliphatic carbocycles. The van der Waals surface area contributed by atoms with Crippen LogP contribution in [-0.2, 0) is 0 Å². The molecule has 0 amide bonds. The van der Waals surface area contributed by atoms with E-state index in [4.69, 9.17) is 0 Å². The fraction of sp³-hybridized carbons (Fsp3) is 0.444. The lowest BCUT2D eigenvalue weighted by Gasteiger charge is -2.40. The van der Waals surface area contributed by atoms with Crippen molar-refractivity contribution in [3.8, 4) is 0 Å². The summed E-state index contributed by atoms with van der Waals surface area (Å²) in [5, 5.41) is 11.1. The zero-order valence-corrected chi connectivity index (χ0v) is 14.5. The first-order chi connectivity index (χ1) is 11.6. The van der Waals surface area contributed by atoms with Gasteiger partial charge in [0.25, 0.3) is 0 Å². The van der Waals surface area contributed by atoms with Crippen molar-refractivity contribution in [2.75, 3.05) is 0 Å². The van der Waals surface area contributed by atoms with Crippen molar-refractivity contribution >= 4 is 29.1 Å². The van der Waals surface area contributed by atoms with Crippen LogP contribution in [0.25, 0.3) is 0 Å². The van der Waals surface area contributed by atoms with Crippen molar-refractivity contribution in [3.05, 3.63) is 49.9 Å². The number of hydrogen-bond acceptors (Lipinski definition) is 4. The van der Waals surface area contributed by atoms with Crippen LogP contribution >= 0.6 is 23.1 Å². The molecule has 6 heteroatoms. The number of fused-ring (bicyclic) bond motifs is 6. The van der Waals surface area contributed by atoms with Crippen LogP contribution in [0.4, 0.5) is 0 Å². The van der Waals surface area contributed by atoms with Gasteiger partial charge in [0.1, 0.15) is 0 Å². The van der Waals surface area contributed by atoms with Gasteiger partial charge in [-0.15, -0.1) is 11.8 Å². The van der Waals surface area contributed by atoms with Gasteiger partial charge >= 0.3 is 10.8 Å². The van der Waals surface area contributed by atoms with Crippen molar-refractivity contribution < 1.29 is 9.90 Å². The third kappa shape index (κ3) is 1.99. The van der Waals surface area contributed by atoms with E-state index >= 15 is 0 Å². The van der Waals surface area contributed by atoms with E-state index in [-0.39, 0.29) is 10.8 Å². The molecule has 4 nitrogen and oxygen atoms in total. The first-order valence-corrected chi connectivity index (χ1v) is 10.0. The SMILES string of the molecule is O=C(O)c1ccccc1[C@@H]1c2sc(=O)[nH]c2S[C@H]2[C@@H]3CC[C@@H](C3)[C@H]12. The van der Waals surface area contributed by atoms with E-state index in [1.165, 1.54) is 30.6 Å². The standard InChI is InChI=1S/C18H17NO3S2/c20-17(21)11-4-2-1-3-10(11)13-12-8-5-6-9(7-8)14(12)23-16-15(13)24-18(22)19-16/h1-4,8-9,12-14H,5-7H2,(H,19,22)(H,20,21)/t8-,9+,12+,13-,14-/m0/s1. The van der Waals surface area contributed by atoms with Crippen LogP contribution < -0.4 is 4.87 Å². The number of carboxylic acid groups (broad SMARTS) is 1. The maximum absolute atomic E-state index is 12.0. The summed E-state index contributed by atoms with van der Waals surface area (Å²) in [6.07, 6.45) is 3.77. The third-order valence-corrected chi connectivity index (χ3v) is 8.62. The van der Waals surface area contributed by atoms with Crippen LogP contribution in [0.2, 0.25) is 0 Å². The summed E-state index contributed by atoms with van der Waals surface area (Å²) in [5.74, 6) is 0.977. The van der Waals surface area contributed by atoms with E-state index in [1.807, 2.05) is 23.9 Å². The lowest BCUT2D eigenvalue weighted by molar-refractivity contribution is 0.0694. The Balaban J connectivity index is 1.73. The Morgan fingerprint density at radius 1 is 1.21 bits per heavy atom. The van der Waals surface area contributed by atoms with Gasteiger partial charge in [-0.1, -0.05) is 29.5 Å². The zero-order chi connectivity index (χ0) is 16.4. The normalized spacial score (nSPS) is 33.2. The average molecular weight is 359 g/mol. The molecule has 0 spiro atoms. The Morgan fingerprint density at radius 2 is 2.00 bits per heavy atom. The van der Waals surface area contributed by atoms with E-state index in [0.29, 0.717) is 28.6 Å². The lowest BCUT2D eigenvalue weighted by atomic mass is 9.74. The smallest absolute Gasteiger partial charge is 0.335 e. The Bertz CT molecular complexity index is 886. The summed E-state index contributed by atoms with van der Waals surface area (Å²) in [7, 11) is 0. The summed E-state index contributed by atoms with van der Waals surface area (Å²) >= 11 is 3.10. The number of nitrogens with one attached hydrogen (secondary N) is 1. The minimum atomic E-state index is -0.882. The molecule has 1 aromatic heterocycles. The van der Waals surface area contributed by atoms with Crippen molar-refractivity contribution in [3.63, 3.8) is 0 Å². The van der Waals surface area contributed by atoms with Crippen LogP contribution in [0.15, 0.2) is 34.1 Å². The summed E-state index contributed by atoms with van der Waals surface area (Å²) in [6, 6.07) is 7.34. The van der Waals surface area contributed by atoms with Gasteiger partial charge in [0.2, 0.25) is 0 Å². The van der Waals surface area contributed by atoms with Gasteiger partial charge < -0.3 is 10.1 Å². The quantitative estimate of drug-likeness (QED) is 0.856. The second-order valence-corrected chi connectivity index (χ2v) is 9.27. The Labute approximate surface area is 147 Å². The van der Waals surface area contributed by atoms with Crippen LogP contribution in [0.1, 0.15) is 46.0 Å². The van der Waals surface area contributed by atoms with Crippen LogP contribution in [0, 0.1) is 17.8 Å². The molecule has 2 saturated carbocycles. The van der Waals surface area contributed by atoms with Gasteiger partial charge in [-0.05, 0) is 48.6 Å². The Kier molecular flexibility index (Phi) is 3.22. The van der Waals surface area contributed by atoms with Crippen LogP contribution in [0.3, 0.4) is 0 Å². The molecule has 1 aromatic carbocycles. The van der Waals surface area contributed by atoms with Gasteiger partial charge in [-0.25, -0.2) is 4.79 Å². The number of rotatable bonds is 2. The predicted octanol–water partition coefficient (Wildman–Crippen LogP) is 3.79. The van der Waals surface area contributed by atoms with E-state index < -0.39 is 5.97 Å². The largest absolute Gasteiger partial charge is 0.478 e. The molecule has 3 aliphatic rings. The molecule has 2 N–H and O–H groups in total. The molecule has 0 radical (unpaired) electrons. The fourth-order valence-corrected chi connectivity index (χ4v) is 8.05. The molecular formula is C18H17NO3S2. The number of thioether (sulfide) groups is 1. The molecule has 0 unspecified atom stereocenters. The highest BCUT2D eigenvalue weighted by Gasteiger charge is 2.55. The topological polar surface area (TPSA) is 70.2 Å². The molecule has 2 aromatic rings. The molecule has 2 heterocycles. The van der Waals surface area contributed by atoms with Crippen molar-refractivity contribution in [1.82, 2.24) is 4.98 Å². The number of H-pyrrole nitrogens is 1. The highest BCUT2D eigenvalue weighted by molar-refractivity contribution is 8.00. The second kappa shape index (κ2) is 5.23. The average Bonchev–Trinajstić information content (AvgIpc) is 3.26. The summed E-state index contributed by atoms with van der Waals surface area (Å²) in [4.78, 5) is 27.8. The van der Waals surface area contributed by atoms with Crippen LogP contribution in [-0.4, -0.2) is 21.3 Å². The van der Waals surface area contributed by atoms with Gasteiger partial charge in [-0.2, -0.15) is 0 Å². The van der Waals surface area contributed by atoms with Crippen LogP contribution in [0.5, 0.6) is 0 Å². The maximum atomic E-state index is 12.0. The number of aromatic amines is 1. The first-order valence-electron chi connectivity index (χ1n) is 8.35. The number of aromatic carboxylic acids is 1. The number of carbonyl (C=O) groups is 1. The van der Waals surface area contributed by atoms with Gasteiger partial charge in [-0.3, -0.25) is 4.79 Å². The predicted molar refractivity (Wildman–Crippen MR) is 94.2 cm³/mol. The number of thiazole rings is 1. The highest BCUT2D eigenvalue weighted by Crippen LogP contribution is 2.63. The van der Waals surface area contributed by atoms with Gasteiger partial charge in [0, 0.05) is 16.0 Å². The van der Waals surface area contributed by atoms with E-state index in [1.54, 1.807) is 12.1 Å². The summed E-state index contributed by atoms with van der Waals surface area (Å²) in [5.41, 5.74) is 1.26. The van der Waals surface area contributed by atoms with Crippen molar-refractivity contribution in [2.45, 2.75) is 35.5 Å². The molecular weight excluding hydrogens is 342 g/mol. The Morgan fingerprint density at radius 3 is 2.83 bits per heavy atom. The molecule has 0 saturated heterocycles. The fourth-order valence-electron chi connectivity index (χ4n) is 5.16. The first kappa shape index (κ1) is 14.8. The molecule has 2 fully saturated rings. The molecule has 5 rings (SSSR count). The molecule has 124 valence electrons. The molecule has 1 aliphatic heterocycles. The maximum Gasteiger partial charge on any atom is 0.335 e. The number of carboxylic acids is 1. The number of benzene rings is 1. The minimum absolute atomic E-state index is 0.0300. The van der Waals surface area contributed by atoms with E-state index in [9.17, 15) is 14.7 Å². The van der Waals surface area contributed by atoms with E-state index in [2.05, 4.69) is 4.98 Å². The van der Waals surface area contributed by atoms with Crippen molar-refractivity contribution in [1.29, 1.82) is 0 Å². The summed E-state index contributed by atoms with van der Waals surface area (Å²) in [6.45, 7) is 0. The molecule has 5 atom stereocenters. The monoisotopic (exact) mass is 359 g/mol. The summed E-state index contributed by atoms with van der Waals surface area (Å²) < 4.78 is 0. The van der Waals surface area contributed by atoms with E-state index in [0.717, 1.165) is 15.5 Å². The third-order valence-electron chi connectivity index (χ3n) is 5.99. The highest BCUT2D eigenvalue weighted by atomic mass is 32.2. The van der Waals surface area contributed by atoms with Crippen molar-refractivity contribution in [2.24, 2.45) is 17.8 Å². The number of hydrogen-bond donors (Lipinski definition) is 2. The zero-order valence-electron chi connectivity index (χ0n) is 12.9. The number of aromatic nitrogens is 1. The van der Waals surface area contributed by atoms with Gasteiger partial charge in [0.15, 0.2) is 0 Å². The second-order valence-electron chi connectivity index (χ2n) is 7.07. The minimum Gasteiger partial charge on any atom is -0.478 e. The molecule has 24 heavy (non-hydrogen) atoms. The Hall–Kier alpha value is -1.53. The van der Waals surface area contributed by atoms with Gasteiger partial charge in [0.05, 0.1) is 10.6 Å². The molecule has 2 bridgehead atoms. The lowest BCUT2D eigenvalue weighted by Crippen LogP contribution is -2.34.